The van der Waals surface area contributed by atoms with Crippen LogP contribution in [0.25, 0.3) is 0 Å². The van der Waals surface area contributed by atoms with Gasteiger partial charge in [-0.3, -0.25) is 14.4 Å². The molecule has 1 aliphatic heterocycles. The number of nitrogens with zero attached hydrogens (tertiary/aromatic N) is 1. The van der Waals surface area contributed by atoms with E-state index in [1.165, 1.54) is 4.31 Å². The summed E-state index contributed by atoms with van der Waals surface area (Å²) < 4.78 is 27.3. The number of amides is 2. The molecule has 0 saturated heterocycles. The number of hydrogen-bond donors (Lipinski definition) is 2. The molecular formula is C30H39N3O5S. The first kappa shape index (κ1) is 29.0. The fraction of sp³-hybridized carbons (Fsp3) is 0.500. The summed E-state index contributed by atoms with van der Waals surface area (Å²) in [6.07, 6.45) is 3.89. The Hall–Kier alpha value is -3.04. The van der Waals surface area contributed by atoms with E-state index < -0.39 is 22.0 Å². The van der Waals surface area contributed by atoms with E-state index >= 15 is 0 Å². The molecule has 1 heterocycles. The van der Waals surface area contributed by atoms with Crippen LogP contribution in [0.2, 0.25) is 0 Å². The summed E-state index contributed by atoms with van der Waals surface area (Å²) in [6, 6.07) is 15.4. The van der Waals surface area contributed by atoms with Gasteiger partial charge >= 0.3 is 0 Å². The van der Waals surface area contributed by atoms with Crippen molar-refractivity contribution in [1.29, 1.82) is 0 Å². The Morgan fingerprint density at radius 3 is 2.33 bits per heavy atom. The van der Waals surface area contributed by atoms with E-state index in [1.807, 2.05) is 44.2 Å². The van der Waals surface area contributed by atoms with Gasteiger partial charge in [-0.05, 0) is 54.9 Å². The van der Waals surface area contributed by atoms with Crippen LogP contribution >= 0.6 is 0 Å². The second-order valence-corrected chi connectivity index (χ2v) is 13.2. The molecule has 2 aromatic carbocycles. The van der Waals surface area contributed by atoms with Crippen LogP contribution in [-0.2, 0) is 32.6 Å². The second-order valence-electron chi connectivity index (χ2n) is 11.1. The lowest BCUT2D eigenvalue weighted by Gasteiger charge is -2.33. The van der Waals surface area contributed by atoms with E-state index in [4.69, 9.17) is 0 Å². The molecule has 9 heteroatoms. The molecule has 210 valence electrons. The number of sulfonamides is 1. The van der Waals surface area contributed by atoms with E-state index in [1.54, 1.807) is 24.3 Å². The lowest BCUT2D eigenvalue weighted by Crippen LogP contribution is -2.53. The minimum atomic E-state index is -3.63. The second kappa shape index (κ2) is 12.9. The van der Waals surface area contributed by atoms with Crippen molar-refractivity contribution >= 4 is 27.6 Å². The van der Waals surface area contributed by atoms with Gasteiger partial charge in [-0.2, -0.15) is 4.31 Å². The largest absolute Gasteiger partial charge is 0.349 e. The third kappa shape index (κ3) is 7.54. The van der Waals surface area contributed by atoms with Gasteiger partial charge in [0.2, 0.25) is 15.9 Å². The molecular weight excluding hydrogens is 514 g/mol. The number of rotatable bonds is 9. The maximum Gasteiger partial charge on any atom is 0.251 e. The lowest BCUT2D eigenvalue weighted by atomic mass is 9.83. The Morgan fingerprint density at radius 2 is 1.62 bits per heavy atom. The number of Topliss-reactive ketones (excluding diaryl/α,β-unsaturated/α-hetero) is 1. The minimum Gasteiger partial charge on any atom is -0.349 e. The highest BCUT2D eigenvalue weighted by atomic mass is 32.2. The Kier molecular flexibility index (Phi) is 9.56. The Labute approximate surface area is 231 Å². The molecule has 4 rings (SSSR count). The van der Waals surface area contributed by atoms with Gasteiger partial charge in [-0.15, -0.1) is 0 Å². The van der Waals surface area contributed by atoms with E-state index in [0.717, 1.165) is 24.0 Å². The van der Waals surface area contributed by atoms with Crippen molar-refractivity contribution in [2.24, 2.45) is 11.8 Å². The van der Waals surface area contributed by atoms with E-state index in [9.17, 15) is 22.8 Å². The number of ketones is 1. The first-order valence-corrected chi connectivity index (χ1v) is 15.5. The fourth-order valence-corrected chi connectivity index (χ4v) is 6.93. The molecule has 1 fully saturated rings. The first-order valence-electron chi connectivity index (χ1n) is 13.9. The Morgan fingerprint density at radius 1 is 0.949 bits per heavy atom. The summed E-state index contributed by atoms with van der Waals surface area (Å²) in [5.41, 5.74) is 2.41. The Bertz CT molecular complexity index is 1280. The zero-order valence-electron chi connectivity index (χ0n) is 22.8. The van der Waals surface area contributed by atoms with E-state index in [2.05, 4.69) is 10.6 Å². The van der Waals surface area contributed by atoms with Crippen molar-refractivity contribution in [1.82, 2.24) is 14.9 Å². The molecule has 0 radical (unpaired) electrons. The van der Waals surface area contributed by atoms with Gasteiger partial charge in [-0.1, -0.05) is 69.2 Å². The maximum absolute atomic E-state index is 13.5. The number of carbonyl (C=O) groups excluding carboxylic acids is 3. The predicted octanol–water partition coefficient (Wildman–Crippen LogP) is 3.46. The van der Waals surface area contributed by atoms with Crippen molar-refractivity contribution in [3.05, 3.63) is 71.3 Å². The number of benzene rings is 2. The van der Waals surface area contributed by atoms with Gasteiger partial charge in [0, 0.05) is 18.2 Å². The molecule has 0 aromatic heterocycles. The molecule has 39 heavy (non-hydrogen) atoms. The maximum atomic E-state index is 13.5. The summed E-state index contributed by atoms with van der Waals surface area (Å²) in [5, 5.41) is 5.98. The Balaban J connectivity index is 1.46. The number of nitrogens with one attached hydrogen (secondary N) is 2. The monoisotopic (exact) mass is 553 g/mol. The molecule has 2 N–H and O–H groups in total. The SMILES string of the molecule is CC(C)C[C@H](NC(=O)[C@@H]1CCCC[C@@H]1NC(=O)c1ccccc1)C(=O)CN1Cc2ccccc2CCS1(=O)=O. The van der Waals surface area contributed by atoms with Crippen molar-refractivity contribution in [2.75, 3.05) is 12.3 Å². The molecule has 1 saturated carbocycles. The average Bonchev–Trinajstić information content (AvgIpc) is 3.04. The number of hydrogen-bond acceptors (Lipinski definition) is 5. The predicted molar refractivity (Wildman–Crippen MR) is 150 cm³/mol. The summed E-state index contributed by atoms with van der Waals surface area (Å²) in [5.74, 6) is -1.20. The number of carbonyl (C=O) groups is 3. The number of aryl methyl sites for hydroxylation is 1. The molecule has 2 aromatic rings. The summed E-state index contributed by atoms with van der Waals surface area (Å²) in [6.45, 7) is 3.79. The van der Waals surface area contributed by atoms with Crippen molar-refractivity contribution < 1.29 is 22.8 Å². The summed E-state index contributed by atoms with van der Waals surface area (Å²) in [7, 11) is -3.63. The van der Waals surface area contributed by atoms with Crippen LogP contribution in [0.3, 0.4) is 0 Å². The van der Waals surface area contributed by atoms with Gasteiger partial charge in [0.1, 0.15) is 0 Å². The summed E-state index contributed by atoms with van der Waals surface area (Å²) in [4.78, 5) is 39.8. The zero-order chi connectivity index (χ0) is 28.0. The van der Waals surface area contributed by atoms with Crippen molar-refractivity contribution in [3.63, 3.8) is 0 Å². The molecule has 0 spiro atoms. The third-order valence-electron chi connectivity index (χ3n) is 7.69. The smallest absolute Gasteiger partial charge is 0.251 e. The zero-order valence-corrected chi connectivity index (χ0v) is 23.6. The topological polar surface area (TPSA) is 113 Å². The molecule has 0 bridgehead atoms. The third-order valence-corrected chi connectivity index (χ3v) is 9.45. The van der Waals surface area contributed by atoms with Gasteiger partial charge in [0.25, 0.3) is 5.91 Å². The highest BCUT2D eigenvalue weighted by Gasteiger charge is 2.36. The molecule has 3 atom stereocenters. The standard InChI is InChI=1S/C30H39N3O5S/c1-21(2)18-27(28(34)20-33-19-24-13-7-6-10-22(24)16-17-39(33,37)38)32-30(36)25-14-8-9-15-26(25)31-29(35)23-11-4-3-5-12-23/h3-7,10-13,21,25-27H,8-9,14-20H2,1-2H3,(H,31,35)(H,32,36)/t25-,26+,27+/m1/s1. The lowest BCUT2D eigenvalue weighted by molar-refractivity contribution is -0.131. The highest BCUT2D eigenvalue weighted by Crippen LogP contribution is 2.26. The minimum absolute atomic E-state index is 0.0522. The van der Waals surface area contributed by atoms with E-state index in [-0.39, 0.29) is 48.4 Å². The van der Waals surface area contributed by atoms with Gasteiger partial charge in [-0.25, -0.2) is 8.42 Å². The normalized spacial score (nSPS) is 21.8. The van der Waals surface area contributed by atoms with Crippen molar-refractivity contribution in [2.45, 2.75) is 71.0 Å². The quantitative estimate of drug-likeness (QED) is 0.494. The van der Waals surface area contributed by atoms with Crippen LogP contribution in [-0.4, -0.2) is 54.7 Å². The van der Waals surface area contributed by atoms with Crippen molar-refractivity contribution in [3.8, 4) is 0 Å². The molecule has 0 unspecified atom stereocenters. The van der Waals surface area contributed by atoms with Gasteiger partial charge in [0.05, 0.1) is 24.3 Å². The van der Waals surface area contributed by atoms with Crippen LogP contribution in [0.1, 0.15) is 67.4 Å². The summed E-state index contributed by atoms with van der Waals surface area (Å²) >= 11 is 0. The molecule has 2 amide bonds. The van der Waals surface area contributed by atoms with Gasteiger partial charge < -0.3 is 10.6 Å². The molecule has 2 aliphatic rings. The van der Waals surface area contributed by atoms with Gasteiger partial charge in [0.15, 0.2) is 5.78 Å². The van der Waals surface area contributed by atoms with Crippen LogP contribution in [0, 0.1) is 11.8 Å². The van der Waals surface area contributed by atoms with Crippen LogP contribution in [0.5, 0.6) is 0 Å². The average molecular weight is 554 g/mol. The highest BCUT2D eigenvalue weighted by molar-refractivity contribution is 7.89. The molecule has 1 aliphatic carbocycles. The van der Waals surface area contributed by atoms with Crippen LogP contribution < -0.4 is 10.6 Å². The van der Waals surface area contributed by atoms with E-state index in [0.29, 0.717) is 31.2 Å². The first-order chi connectivity index (χ1) is 18.6. The van der Waals surface area contributed by atoms with Crippen LogP contribution in [0.4, 0.5) is 0 Å². The molecule has 8 nitrogen and oxygen atoms in total. The number of fused-ring (bicyclic) bond motifs is 1. The fourth-order valence-electron chi connectivity index (χ4n) is 5.53. The van der Waals surface area contributed by atoms with Crippen LogP contribution in [0.15, 0.2) is 54.6 Å².